The lowest BCUT2D eigenvalue weighted by atomic mass is 10.1. The largest absolute Gasteiger partial charge is 0.469 e. The molecule has 0 aliphatic heterocycles. The lowest BCUT2D eigenvalue weighted by Crippen LogP contribution is -2.36. The van der Waals surface area contributed by atoms with E-state index in [1.807, 2.05) is 0 Å². The van der Waals surface area contributed by atoms with E-state index in [0.29, 0.717) is 22.7 Å². The number of aryl methyl sites for hydroxylation is 1. The number of furan rings is 1. The fourth-order valence-corrected chi connectivity index (χ4v) is 2.05. The summed E-state index contributed by atoms with van der Waals surface area (Å²) in [5.74, 6) is -1.02. The van der Waals surface area contributed by atoms with Crippen molar-refractivity contribution in [2.45, 2.75) is 13.8 Å². The number of anilines is 1. The molecule has 8 nitrogen and oxygen atoms in total. The zero-order valence-electron chi connectivity index (χ0n) is 13.8. The van der Waals surface area contributed by atoms with E-state index < -0.39 is 17.7 Å². The number of nitrogens with two attached hydrogens (primary N) is 1. The van der Waals surface area contributed by atoms with Crippen molar-refractivity contribution in [3.63, 3.8) is 0 Å². The molecule has 8 heteroatoms. The number of hydrogen-bond acceptors (Lipinski definition) is 5. The van der Waals surface area contributed by atoms with Gasteiger partial charge in [0.05, 0.1) is 23.1 Å². The molecule has 0 aliphatic carbocycles. The smallest absolute Gasteiger partial charge is 0.273 e. The van der Waals surface area contributed by atoms with Crippen LogP contribution < -0.4 is 21.9 Å². The molecule has 130 valence electrons. The first kappa shape index (κ1) is 17.8. The van der Waals surface area contributed by atoms with Gasteiger partial charge in [0.1, 0.15) is 5.76 Å². The van der Waals surface area contributed by atoms with E-state index in [2.05, 4.69) is 16.2 Å². The predicted octanol–water partition coefficient (Wildman–Crippen LogP) is 1.46. The quantitative estimate of drug-likeness (QED) is 0.467. The molecule has 0 aliphatic rings. The Balaban J connectivity index is 1.96. The van der Waals surface area contributed by atoms with Crippen LogP contribution in [0.5, 0.6) is 0 Å². The molecule has 2 aromatic rings. The Morgan fingerprint density at radius 2 is 1.80 bits per heavy atom. The molecule has 0 bridgehead atoms. The van der Waals surface area contributed by atoms with Crippen LogP contribution in [-0.2, 0) is 4.79 Å². The van der Waals surface area contributed by atoms with Crippen LogP contribution in [0.15, 0.2) is 52.8 Å². The molecule has 2 rings (SSSR count). The van der Waals surface area contributed by atoms with Crippen molar-refractivity contribution < 1.29 is 18.8 Å². The average Bonchev–Trinajstić information content (AvgIpc) is 2.99. The highest BCUT2D eigenvalue weighted by Gasteiger charge is 2.11. The summed E-state index contributed by atoms with van der Waals surface area (Å²) >= 11 is 0. The first-order valence-electron chi connectivity index (χ1n) is 7.37. The van der Waals surface area contributed by atoms with Gasteiger partial charge in [0.25, 0.3) is 11.8 Å². The van der Waals surface area contributed by atoms with Crippen LogP contribution in [0.3, 0.4) is 0 Å². The highest BCUT2D eigenvalue weighted by molar-refractivity contribution is 6.06. The number of carbonyl (C=O) groups is 3. The van der Waals surface area contributed by atoms with E-state index >= 15 is 0 Å². The molecular weight excluding hydrogens is 324 g/mol. The van der Waals surface area contributed by atoms with Crippen LogP contribution in [0.2, 0.25) is 0 Å². The molecule has 1 aromatic carbocycles. The van der Waals surface area contributed by atoms with Crippen LogP contribution in [0.4, 0.5) is 5.69 Å². The summed E-state index contributed by atoms with van der Waals surface area (Å²) in [4.78, 5) is 35.3. The van der Waals surface area contributed by atoms with Gasteiger partial charge in [-0.3, -0.25) is 19.8 Å². The Morgan fingerprint density at radius 1 is 1.08 bits per heavy atom. The summed E-state index contributed by atoms with van der Waals surface area (Å²) in [5, 5.41) is 2.56. The molecule has 0 unspecified atom stereocenters. The number of carbonyl (C=O) groups excluding carboxylic acids is 3. The van der Waals surface area contributed by atoms with Gasteiger partial charge in [0.2, 0.25) is 5.91 Å². The number of hydrogen-bond donors (Lipinski definition) is 4. The van der Waals surface area contributed by atoms with Crippen molar-refractivity contribution in [1.82, 2.24) is 10.9 Å². The van der Waals surface area contributed by atoms with Crippen molar-refractivity contribution in [3.8, 4) is 0 Å². The van der Waals surface area contributed by atoms with Crippen LogP contribution >= 0.6 is 0 Å². The number of para-hydroxylation sites is 1. The lowest BCUT2D eigenvalue weighted by Gasteiger charge is -2.09. The van der Waals surface area contributed by atoms with E-state index in [4.69, 9.17) is 10.2 Å². The van der Waals surface area contributed by atoms with E-state index in [1.54, 1.807) is 38.1 Å². The first-order valence-corrected chi connectivity index (χ1v) is 7.37. The molecular formula is C17H18N4O4. The van der Waals surface area contributed by atoms with Crippen molar-refractivity contribution in [3.05, 3.63) is 65.3 Å². The highest BCUT2D eigenvalue weighted by atomic mass is 16.3. The second kappa shape index (κ2) is 7.82. The minimum Gasteiger partial charge on any atom is -0.469 e. The van der Waals surface area contributed by atoms with Crippen LogP contribution in [0.1, 0.15) is 33.4 Å². The molecule has 3 amide bonds. The van der Waals surface area contributed by atoms with Crippen LogP contribution in [-0.4, -0.2) is 17.7 Å². The molecule has 0 fully saturated rings. The monoisotopic (exact) mass is 342 g/mol. The molecule has 0 spiro atoms. The van der Waals surface area contributed by atoms with Gasteiger partial charge in [-0.15, -0.1) is 0 Å². The van der Waals surface area contributed by atoms with Gasteiger partial charge >= 0.3 is 0 Å². The maximum atomic E-state index is 12.0. The number of rotatable bonds is 6. The van der Waals surface area contributed by atoms with Gasteiger partial charge in [-0.25, -0.2) is 0 Å². The standard InChI is InChI=1S/C17H18N4O4/c1-10(20-21-17(24)12-7-8-25-11(12)2)9-15(22)19-14-6-4-3-5-13(14)16(18)23/h3-9,20H,1-2H3,(H2,18,23)(H,19,22)(H,21,24). The zero-order chi connectivity index (χ0) is 18.4. The van der Waals surface area contributed by atoms with Crippen molar-refractivity contribution in [2.75, 3.05) is 5.32 Å². The summed E-state index contributed by atoms with van der Waals surface area (Å²) < 4.78 is 5.05. The second-order valence-electron chi connectivity index (χ2n) is 5.20. The molecule has 0 saturated carbocycles. The number of primary amides is 1. The van der Waals surface area contributed by atoms with Crippen LogP contribution in [0.25, 0.3) is 0 Å². The van der Waals surface area contributed by atoms with Gasteiger partial charge in [-0.1, -0.05) is 12.1 Å². The Bertz CT molecular complexity index is 839. The van der Waals surface area contributed by atoms with E-state index in [9.17, 15) is 14.4 Å². The third-order valence-corrected chi connectivity index (χ3v) is 3.27. The Labute approximate surface area is 144 Å². The fourth-order valence-electron chi connectivity index (χ4n) is 2.05. The molecule has 1 heterocycles. The number of nitrogens with one attached hydrogen (secondary N) is 3. The molecule has 0 radical (unpaired) electrons. The molecule has 25 heavy (non-hydrogen) atoms. The maximum Gasteiger partial charge on any atom is 0.273 e. The maximum absolute atomic E-state index is 12.0. The minimum absolute atomic E-state index is 0.207. The van der Waals surface area contributed by atoms with Crippen molar-refractivity contribution in [2.24, 2.45) is 5.73 Å². The summed E-state index contributed by atoms with van der Waals surface area (Å²) in [7, 11) is 0. The second-order valence-corrected chi connectivity index (χ2v) is 5.20. The minimum atomic E-state index is -0.641. The number of benzene rings is 1. The lowest BCUT2D eigenvalue weighted by molar-refractivity contribution is -0.112. The third-order valence-electron chi connectivity index (χ3n) is 3.27. The summed E-state index contributed by atoms with van der Waals surface area (Å²) in [6, 6.07) is 7.94. The normalized spacial score (nSPS) is 10.9. The van der Waals surface area contributed by atoms with Crippen LogP contribution in [0, 0.1) is 6.92 Å². The Kier molecular flexibility index (Phi) is 5.57. The number of hydrazine groups is 1. The zero-order valence-corrected chi connectivity index (χ0v) is 13.8. The summed E-state index contributed by atoms with van der Waals surface area (Å²) in [6.07, 6.45) is 2.65. The number of amides is 3. The van der Waals surface area contributed by atoms with Crippen molar-refractivity contribution in [1.29, 1.82) is 0 Å². The van der Waals surface area contributed by atoms with Gasteiger partial charge in [0.15, 0.2) is 0 Å². The van der Waals surface area contributed by atoms with Gasteiger partial charge in [0, 0.05) is 11.8 Å². The molecule has 0 saturated heterocycles. The van der Waals surface area contributed by atoms with E-state index in [0.717, 1.165) is 0 Å². The average molecular weight is 342 g/mol. The highest BCUT2D eigenvalue weighted by Crippen LogP contribution is 2.14. The SMILES string of the molecule is CC(=CC(=O)Nc1ccccc1C(N)=O)NNC(=O)c1ccoc1C. The topological polar surface area (TPSA) is 126 Å². The summed E-state index contributed by atoms with van der Waals surface area (Å²) in [5.41, 5.74) is 11.6. The predicted molar refractivity (Wildman–Crippen MR) is 91.4 cm³/mol. The summed E-state index contributed by atoms with van der Waals surface area (Å²) in [6.45, 7) is 3.27. The van der Waals surface area contributed by atoms with Gasteiger partial charge < -0.3 is 20.9 Å². The fraction of sp³-hybridized carbons (Fsp3) is 0.118. The Morgan fingerprint density at radius 3 is 2.44 bits per heavy atom. The molecule has 5 N–H and O–H groups in total. The van der Waals surface area contributed by atoms with E-state index in [1.165, 1.54) is 18.4 Å². The molecule has 0 atom stereocenters. The number of allylic oxidation sites excluding steroid dienone is 1. The van der Waals surface area contributed by atoms with Crippen molar-refractivity contribution >= 4 is 23.4 Å². The first-order chi connectivity index (χ1) is 11.9. The molecule has 1 aromatic heterocycles. The van der Waals surface area contributed by atoms with Gasteiger partial charge in [-0.2, -0.15) is 0 Å². The van der Waals surface area contributed by atoms with E-state index in [-0.39, 0.29) is 5.56 Å². The third kappa shape index (κ3) is 4.71. The van der Waals surface area contributed by atoms with Gasteiger partial charge in [-0.05, 0) is 32.0 Å². The Hall–Kier alpha value is -3.55.